The van der Waals surface area contributed by atoms with Gasteiger partial charge in [0.15, 0.2) is 0 Å². The fraction of sp³-hybridized carbons (Fsp3) is 0.529. The Morgan fingerprint density at radius 3 is 2.25 bits per heavy atom. The number of aliphatic carboxylic acids is 1. The standard InChI is InChI=1S/C17H24N2O5/c1-4-19(10-16(20)21)13-7-12(8-13)18-17(22)11-5-14(23-2)9-15(6-11)24-3/h5-6,9,12-13H,4,7-8,10H2,1-3H3,(H,18,22)(H,20,21). The van der Waals surface area contributed by atoms with E-state index in [2.05, 4.69) is 5.32 Å². The Hall–Kier alpha value is -2.28. The lowest BCUT2D eigenvalue weighted by Crippen LogP contribution is -2.54. The van der Waals surface area contributed by atoms with Gasteiger partial charge in [0.25, 0.3) is 5.91 Å². The summed E-state index contributed by atoms with van der Waals surface area (Å²) in [5.41, 5.74) is 0.479. The maximum Gasteiger partial charge on any atom is 0.317 e. The summed E-state index contributed by atoms with van der Waals surface area (Å²) in [5.74, 6) is 0.110. The summed E-state index contributed by atoms with van der Waals surface area (Å²) < 4.78 is 10.3. The second kappa shape index (κ2) is 8.01. The van der Waals surface area contributed by atoms with Crippen molar-refractivity contribution in [3.05, 3.63) is 23.8 Å². The zero-order valence-corrected chi connectivity index (χ0v) is 14.2. The van der Waals surface area contributed by atoms with E-state index in [1.165, 1.54) is 14.2 Å². The number of likely N-dealkylation sites (N-methyl/N-ethyl adjacent to an activating group) is 1. The molecule has 132 valence electrons. The number of rotatable bonds is 8. The van der Waals surface area contributed by atoms with Crippen LogP contribution in [-0.2, 0) is 4.79 Å². The molecule has 2 N–H and O–H groups in total. The smallest absolute Gasteiger partial charge is 0.317 e. The normalized spacial score (nSPS) is 19.5. The Morgan fingerprint density at radius 2 is 1.79 bits per heavy atom. The van der Waals surface area contributed by atoms with Crippen LogP contribution < -0.4 is 14.8 Å². The lowest BCUT2D eigenvalue weighted by molar-refractivity contribution is -0.139. The highest BCUT2D eigenvalue weighted by Crippen LogP contribution is 2.27. The first-order valence-corrected chi connectivity index (χ1v) is 7.96. The number of carbonyl (C=O) groups is 2. The van der Waals surface area contributed by atoms with Crippen molar-refractivity contribution >= 4 is 11.9 Å². The Morgan fingerprint density at radius 1 is 1.21 bits per heavy atom. The second-order valence-corrected chi connectivity index (χ2v) is 5.85. The summed E-state index contributed by atoms with van der Waals surface area (Å²) in [6, 6.07) is 5.30. The number of benzene rings is 1. The van der Waals surface area contributed by atoms with Crippen LogP contribution in [-0.4, -0.2) is 61.3 Å². The largest absolute Gasteiger partial charge is 0.497 e. The predicted molar refractivity (Wildman–Crippen MR) is 88.7 cm³/mol. The molecule has 0 unspecified atom stereocenters. The number of hydrogen-bond donors (Lipinski definition) is 2. The van der Waals surface area contributed by atoms with Crippen molar-refractivity contribution in [3.63, 3.8) is 0 Å². The number of carbonyl (C=O) groups excluding carboxylic acids is 1. The number of carboxylic acids is 1. The van der Waals surface area contributed by atoms with Gasteiger partial charge in [0.05, 0.1) is 20.8 Å². The number of methoxy groups -OCH3 is 2. The lowest BCUT2D eigenvalue weighted by atomic mass is 9.85. The van der Waals surface area contributed by atoms with Crippen LogP contribution in [0.5, 0.6) is 11.5 Å². The van der Waals surface area contributed by atoms with Crippen LogP contribution in [0.3, 0.4) is 0 Å². The summed E-state index contributed by atoms with van der Waals surface area (Å²) in [4.78, 5) is 25.1. The van der Waals surface area contributed by atoms with Gasteiger partial charge in [0, 0.05) is 23.7 Å². The summed E-state index contributed by atoms with van der Waals surface area (Å²) in [5, 5.41) is 11.9. The molecule has 1 aromatic carbocycles. The number of amides is 1. The Labute approximate surface area is 141 Å². The zero-order chi connectivity index (χ0) is 17.7. The van der Waals surface area contributed by atoms with Gasteiger partial charge in [0.1, 0.15) is 11.5 Å². The van der Waals surface area contributed by atoms with Crippen LogP contribution in [0.2, 0.25) is 0 Å². The second-order valence-electron chi connectivity index (χ2n) is 5.85. The van der Waals surface area contributed by atoms with Crippen molar-refractivity contribution in [2.75, 3.05) is 27.3 Å². The topological polar surface area (TPSA) is 88.1 Å². The molecule has 0 aliphatic heterocycles. The predicted octanol–water partition coefficient (Wildman–Crippen LogP) is 1.37. The third kappa shape index (κ3) is 4.38. The fourth-order valence-electron chi connectivity index (χ4n) is 2.88. The fourth-order valence-corrected chi connectivity index (χ4v) is 2.88. The van der Waals surface area contributed by atoms with E-state index in [0.717, 1.165) is 12.8 Å². The minimum Gasteiger partial charge on any atom is -0.497 e. The number of hydrogen-bond acceptors (Lipinski definition) is 5. The summed E-state index contributed by atoms with van der Waals surface area (Å²) in [6.07, 6.45) is 1.52. The molecule has 1 aliphatic rings. The molecule has 1 aromatic rings. The van der Waals surface area contributed by atoms with Gasteiger partial charge in [-0.3, -0.25) is 14.5 Å². The summed E-state index contributed by atoms with van der Waals surface area (Å²) in [7, 11) is 3.07. The van der Waals surface area contributed by atoms with Gasteiger partial charge >= 0.3 is 5.97 Å². The van der Waals surface area contributed by atoms with Crippen molar-refractivity contribution in [2.24, 2.45) is 0 Å². The monoisotopic (exact) mass is 336 g/mol. The lowest BCUT2D eigenvalue weighted by Gasteiger charge is -2.42. The van der Waals surface area contributed by atoms with E-state index in [9.17, 15) is 9.59 Å². The molecule has 7 nitrogen and oxygen atoms in total. The Kier molecular flexibility index (Phi) is 6.03. The van der Waals surface area contributed by atoms with E-state index >= 15 is 0 Å². The molecule has 1 saturated carbocycles. The molecule has 24 heavy (non-hydrogen) atoms. The van der Waals surface area contributed by atoms with Crippen LogP contribution in [0.25, 0.3) is 0 Å². The molecule has 0 saturated heterocycles. The van der Waals surface area contributed by atoms with Gasteiger partial charge in [-0.1, -0.05) is 6.92 Å². The van der Waals surface area contributed by atoms with Crippen molar-refractivity contribution in [2.45, 2.75) is 31.8 Å². The summed E-state index contributed by atoms with van der Waals surface area (Å²) in [6.45, 7) is 2.66. The van der Waals surface area contributed by atoms with Gasteiger partial charge in [-0.15, -0.1) is 0 Å². The van der Waals surface area contributed by atoms with Crippen LogP contribution in [0.1, 0.15) is 30.1 Å². The Balaban J connectivity index is 1.92. The van der Waals surface area contributed by atoms with Crippen molar-refractivity contribution in [3.8, 4) is 11.5 Å². The highest BCUT2D eigenvalue weighted by molar-refractivity contribution is 5.95. The molecule has 2 rings (SSSR count). The maximum absolute atomic E-state index is 12.4. The minimum atomic E-state index is -0.826. The van der Waals surface area contributed by atoms with E-state index in [1.807, 2.05) is 11.8 Å². The van der Waals surface area contributed by atoms with Crippen molar-refractivity contribution < 1.29 is 24.2 Å². The van der Waals surface area contributed by atoms with Crippen molar-refractivity contribution in [1.29, 1.82) is 0 Å². The molecule has 1 fully saturated rings. The molecule has 0 atom stereocenters. The summed E-state index contributed by atoms with van der Waals surface area (Å²) >= 11 is 0. The van der Waals surface area contributed by atoms with Gasteiger partial charge in [-0.05, 0) is 31.5 Å². The maximum atomic E-state index is 12.4. The van der Waals surface area contributed by atoms with Gasteiger partial charge in [-0.2, -0.15) is 0 Å². The molecule has 0 spiro atoms. The SMILES string of the molecule is CCN(CC(=O)O)C1CC(NC(=O)c2cc(OC)cc(OC)c2)C1. The van der Waals surface area contributed by atoms with Gasteiger partial charge < -0.3 is 19.9 Å². The highest BCUT2D eigenvalue weighted by Gasteiger charge is 2.34. The third-order valence-electron chi connectivity index (χ3n) is 4.32. The Bertz CT molecular complexity index is 576. The zero-order valence-electron chi connectivity index (χ0n) is 14.2. The first kappa shape index (κ1) is 18.1. The first-order valence-electron chi connectivity index (χ1n) is 7.96. The third-order valence-corrected chi connectivity index (χ3v) is 4.32. The molecule has 0 bridgehead atoms. The number of ether oxygens (including phenoxy) is 2. The highest BCUT2D eigenvalue weighted by atomic mass is 16.5. The number of nitrogens with zero attached hydrogens (tertiary/aromatic N) is 1. The number of nitrogens with one attached hydrogen (secondary N) is 1. The molecule has 0 aromatic heterocycles. The van der Waals surface area contributed by atoms with Crippen molar-refractivity contribution in [1.82, 2.24) is 10.2 Å². The molecular weight excluding hydrogens is 312 g/mol. The van der Waals surface area contributed by atoms with E-state index in [1.54, 1.807) is 18.2 Å². The van der Waals surface area contributed by atoms with E-state index in [4.69, 9.17) is 14.6 Å². The van der Waals surface area contributed by atoms with E-state index in [-0.39, 0.29) is 24.5 Å². The van der Waals surface area contributed by atoms with Crippen LogP contribution in [0.15, 0.2) is 18.2 Å². The quantitative estimate of drug-likeness (QED) is 0.745. The van der Waals surface area contributed by atoms with Crippen LogP contribution in [0.4, 0.5) is 0 Å². The molecular formula is C17H24N2O5. The molecule has 7 heteroatoms. The van der Waals surface area contributed by atoms with Crippen LogP contribution >= 0.6 is 0 Å². The average molecular weight is 336 g/mol. The van der Waals surface area contributed by atoms with Crippen LogP contribution in [0, 0.1) is 0 Å². The first-order chi connectivity index (χ1) is 11.5. The van der Waals surface area contributed by atoms with Gasteiger partial charge in [-0.25, -0.2) is 0 Å². The molecule has 0 heterocycles. The number of carboxylic acid groups (broad SMARTS) is 1. The van der Waals surface area contributed by atoms with Gasteiger partial charge in [0.2, 0.25) is 0 Å². The molecule has 1 amide bonds. The average Bonchev–Trinajstić information content (AvgIpc) is 2.54. The minimum absolute atomic E-state index is 0.0366. The molecule has 0 radical (unpaired) electrons. The van der Waals surface area contributed by atoms with E-state index in [0.29, 0.717) is 23.6 Å². The molecule has 1 aliphatic carbocycles. The van der Waals surface area contributed by atoms with E-state index < -0.39 is 5.97 Å².